The number of benzene rings is 2. The van der Waals surface area contributed by atoms with Crippen molar-refractivity contribution in [3.8, 4) is 11.8 Å². The van der Waals surface area contributed by atoms with Crippen LogP contribution < -0.4 is 10.1 Å². The highest BCUT2D eigenvalue weighted by atomic mass is 32.2. The summed E-state index contributed by atoms with van der Waals surface area (Å²) in [7, 11) is -3.64. The van der Waals surface area contributed by atoms with Gasteiger partial charge in [-0.2, -0.15) is 9.57 Å². The normalized spacial score (nSPS) is 14.8. The fourth-order valence-corrected chi connectivity index (χ4v) is 4.74. The number of hydrogen-bond acceptors (Lipinski definition) is 5. The zero-order valence-corrected chi connectivity index (χ0v) is 17.0. The second-order valence-electron chi connectivity index (χ2n) is 6.70. The third kappa shape index (κ3) is 4.75. The topological polar surface area (TPSA) is 99.5 Å². The molecule has 0 aliphatic carbocycles. The van der Waals surface area contributed by atoms with Crippen LogP contribution in [0.3, 0.4) is 0 Å². The number of nitriles is 1. The van der Waals surface area contributed by atoms with E-state index in [1.165, 1.54) is 16.4 Å². The van der Waals surface area contributed by atoms with Gasteiger partial charge in [-0.25, -0.2) is 8.42 Å². The van der Waals surface area contributed by atoms with Crippen molar-refractivity contribution < 1.29 is 17.9 Å². The first-order valence-corrected chi connectivity index (χ1v) is 11.0. The lowest BCUT2D eigenvalue weighted by Gasteiger charge is -2.26. The van der Waals surface area contributed by atoms with E-state index in [4.69, 9.17) is 10.00 Å². The summed E-state index contributed by atoms with van der Waals surface area (Å²) in [5, 5.41) is 11.6. The predicted molar refractivity (Wildman–Crippen MR) is 109 cm³/mol. The number of carbonyl (C=O) groups excluding carboxylic acids is 1. The van der Waals surface area contributed by atoms with Gasteiger partial charge in [0.25, 0.3) is 5.91 Å². The molecule has 1 heterocycles. The number of ether oxygens (including phenoxy) is 1. The van der Waals surface area contributed by atoms with Gasteiger partial charge in [0.05, 0.1) is 28.8 Å². The maximum Gasteiger partial charge on any atom is 0.255 e. The van der Waals surface area contributed by atoms with Crippen molar-refractivity contribution in [2.24, 2.45) is 0 Å². The summed E-state index contributed by atoms with van der Waals surface area (Å²) >= 11 is 0. The number of rotatable bonds is 6. The van der Waals surface area contributed by atoms with Crippen LogP contribution in [0, 0.1) is 11.3 Å². The number of nitrogens with zero attached hydrogens (tertiary/aromatic N) is 2. The molecule has 0 atom stereocenters. The molecule has 1 aliphatic heterocycles. The van der Waals surface area contributed by atoms with Gasteiger partial charge in [-0.05, 0) is 62.2 Å². The van der Waals surface area contributed by atoms with E-state index in [1.807, 2.05) is 13.0 Å². The first-order chi connectivity index (χ1) is 14.0. The van der Waals surface area contributed by atoms with Gasteiger partial charge >= 0.3 is 0 Å². The monoisotopic (exact) mass is 413 g/mol. The highest BCUT2D eigenvalue weighted by molar-refractivity contribution is 7.89. The Hall–Kier alpha value is -2.89. The quantitative estimate of drug-likeness (QED) is 0.783. The summed E-state index contributed by atoms with van der Waals surface area (Å²) in [5.41, 5.74) is 1.10. The number of sulfonamides is 1. The average molecular weight is 413 g/mol. The Morgan fingerprint density at radius 3 is 2.45 bits per heavy atom. The molecule has 2 aromatic rings. The summed E-state index contributed by atoms with van der Waals surface area (Å²) in [6.45, 7) is 3.19. The molecule has 1 fully saturated rings. The maximum atomic E-state index is 13.0. The van der Waals surface area contributed by atoms with Crippen LogP contribution in [0.4, 0.5) is 5.69 Å². The molecule has 0 radical (unpaired) electrons. The van der Waals surface area contributed by atoms with Crippen molar-refractivity contribution in [2.45, 2.75) is 31.1 Å². The van der Waals surface area contributed by atoms with Crippen LogP contribution in [0.2, 0.25) is 0 Å². The zero-order valence-electron chi connectivity index (χ0n) is 16.2. The minimum Gasteiger partial charge on any atom is -0.492 e. The molecule has 0 bridgehead atoms. The third-order valence-electron chi connectivity index (χ3n) is 4.73. The molecule has 1 saturated heterocycles. The van der Waals surface area contributed by atoms with Crippen LogP contribution in [0.1, 0.15) is 42.1 Å². The SMILES string of the molecule is CCOc1ccc(S(=O)(=O)N2CCCCC2)cc1NC(=O)c1ccc(C#N)cc1. The van der Waals surface area contributed by atoms with Gasteiger partial charge in [-0.1, -0.05) is 6.42 Å². The molecule has 152 valence electrons. The van der Waals surface area contributed by atoms with Crippen molar-refractivity contribution in [1.29, 1.82) is 5.26 Å². The number of anilines is 1. The molecule has 7 nitrogen and oxygen atoms in total. The van der Waals surface area contributed by atoms with E-state index in [9.17, 15) is 13.2 Å². The number of carbonyl (C=O) groups is 1. The van der Waals surface area contributed by atoms with Gasteiger partial charge < -0.3 is 10.1 Å². The maximum absolute atomic E-state index is 13.0. The van der Waals surface area contributed by atoms with Crippen LogP contribution >= 0.6 is 0 Å². The number of nitrogens with one attached hydrogen (secondary N) is 1. The Labute approximate surface area is 171 Å². The predicted octanol–water partition coefficient (Wildman–Crippen LogP) is 3.38. The van der Waals surface area contributed by atoms with Crippen LogP contribution in [-0.4, -0.2) is 38.3 Å². The summed E-state index contributed by atoms with van der Waals surface area (Å²) in [5.74, 6) is -0.0185. The lowest BCUT2D eigenvalue weighted by molar-refractivity contribution is 0.102. The molecule has 29 heavy (non-hydrogen) atoms. The van der Waals surface area contributed by atoms with Crippen LogP contribution in [0.25, 0.3) is 0 Å². The summed E-state index contributed by atoms with van der Waals surface area (Å²) in [6, 6.07) is 12.7. The third-order valence-corrected chi connectivity index (χ3v) is 6.62. The van der Waals surface area contributed by atoms with Crippen molar-refractivity contribution >= 4 is 21.6 Å². The molecule has 1 N–H and O–H groups in total. The minimum absolute atomic E-state index is 0.123. The van der Waals surface area contributed by atoms with Crippen molar-refractivity contribution in [3.05, 3.63) is 53.6 Å². The molecule has 2 aromatic carbocycles. The molecule has 1 aliphatic rings. The van der Waals surface area contributed by atoms with Crippen LogP contribution in [-0.2, 0) is 10.0 Å². The van der Waals surface area contributed by atoms with Gasteiger partial charge in [-0.3, -0.25) is 4.79 Å². The second kappa shape index (κ2) is 9.07. The molecule has 8 heteroatoms. The Bertz CT molecular complexity index is 1020. The summed E-state index contributed by atoms with van der Waals surface area (Å²) < 4.78 is 33.0. The lowest BCUT2D eigenvalue weighted by Crippen LogP contribution is -2.35. The molecule has 0 spiro atoms. The summed E-state index contributed by atoms with van der Waals surface area (Å²) in [4.78, 5) is 12.7. The van der Waals surface area contributed by atoms with E-state index in [1.54, 1.807) is 30.3 Å². The fourth-order valence-electron chi connectivity index (χ4n) is 3.19. The second-order valence-corrected chi connectivity index (χ2v) is 8.64. The smallest absolute Gasteiger partial charge is 0.255 e. The standard InChI is InChI=1S/C21H23N3O4S/c1-2-28-20-11-10-18(29(26,27)24-12-4-3-5-13-24)14-19(20)23-21(25)17-8-6-16(15-22)7-9-17/h6-11,14H,2-5,12-13H2,1H3,(H,23,25). The molecule has 0 aromatic heterocycles. The minimum atomic E-state index is -3.64. The Morgan fingerprint density at radius 1 is 1.14 bits per heavy atom. The molecule has 0 unspecified atom stereocenters. The van der Waals surface area contributed by atoms with Gasteiger partial charge in [0.15, 0.2) is 0 Å². The average Bonchev–Trinajstić information content (AvgIpc) is 2.75. The highest BCUT2D eigenvalue weighted by Gasteiger charge is 2.27. The largest absolute Gasteiger partial charge is 0.492 e. The van der Waals surface area contributed by atoms with E-state index in [0.717, 1.165) is 19.3 Å². The van der Waals surface area contributed by atoms with E-state index >= 15 is 0 Å². The Balaban J connectivity index is 1.90. The van der Waals surface area contributed by atoms with Crippen LogP contribution in [0.5, 0.6) is 5.75 Å². The van der Waals surface area contributed by atoms with E-state index in [-0.39, 0.29) is 4.90 Å². The van der Waals surface area contributed by atoms with E-state index < -0.39 is 15.9 Å². The number of piperidine rings is 1. The van der Waals surface area contributed by atoms with Crippen molar-refractivity contribution in [1.82, 2.24) is 4.31 Å². The lowest BCUT2D eigenvalue weighted by atomic mass is 10.1. The number of amides is 1. The van der Waals surface area contributed by atoms with Crippen molar-refractivity contribution in [2.75, 3.05) is 25.0 Å². The highest BCUT2D eigenvalue weighted by Crippen LogP contribution is 2.30. The van der Waals surface area contributed by atoms with E-state index in [0.29, 0.717) is 42.3 Å². The summed E-state index contributed by atoms with van der Waals surface area (Å²) in [6.07, 6.45) is 2.72. The van der Waals surface area contributed by atoms with Gasteiger partial charge in [0.2, 0.25) is 10.0 Å². The molecular formula is C21H23N3O4S. The molecule has 3 rings (SSSR count). The van der Waals surface area contributed by atoms with Gasteiger partial charge in [0, 0.05) is 18.7 Å². The van der Waals surface area contributed by atoms with Crippen LogP contribution in [0.15, 0.2) is 47.4 Å². The zero-order chi connectivity index (χ0) is 20.9. The van der Waals surface area contributed by atoms with Gasteiger partial charge in [-0.15, -0.1) is 0 Å². The number of hydrogen-bond donors (Lipinski definition) is 1. The Morgan fingerprint density at radius 2 is 1.83 bits per heavy atom. The first kappa shape index (κ1) is 20.8. The molecular weight excluding hydrogens is 390 g/mol. The fraction of sp³-hybridized carbons (Fsp3) is 0.333. The van der Waals surface area contributed by atoms with E-state index in [2.05, 4.69) is 5.32 Å². The molecule has 0 saturated carbocycles. The van der Waals surface area contributed by atoms with Gasteiger partial charge in [0.1, 0.15) is 5.75 Å². The van der Waals surface area contributed by atoms with Crippen molar-refractivity contribution in [3.63, 3.8) is 0 Å². The molecule has 1 amide bonds. The Kier molecular flexibility index (Phi) is 6.52. The first-order valence-electron chi connectivity index (χ1n) is 9.54.